The van der Waals surface area contributed by atoms with Crippen LogP contribution in [0.2, 0.25) is 0 Å². The fourth-order valence-corrected chi connectivity index (χ4v) is 2.47. The lowest BCUT2D eigenvalue weighted by molar-refractivity contribution is 0.458. The van der Waals surface area contributed by atoms with Gasteiger partial charge in [0.15, 0.2) is 0 Å². The predicted molar refractivity (Wildman–Crippen MR) is 70.2 cm³/mol. The van der Waals surface area contributed by atoms with Crippen LogP contribution in [0.1, 0.15) is 37.4 Å². The fraction of sp³-hybridized carbons (Fsp3) is 0.692. The highest BCUT2D eigenvalue weighted by Gasteiger charge is 2.23. The van der Waals surface area contributed by atoms with Crippen molar-refractivity contribution in [3.05, 3.63) is 17.5 Å². The number of aryl methyl sites for hydroxylation is 2. The second-order valence-corrected chi connectivity index (χ2v) is 4.71. The summed E-state index contributed by atoms with van der Waals surface area (Å²) >= 11 is 0. The van der Waals surface area contributed by atoms with Crippen LogP contribution in [-0.2, 0) is 6.42 Å². The average Bonchev–Trinajstić information content (AvgIpc) is 2.38. The highest BCUT2D eigenvalue weighted by atomic mass is 15.3. The van der Waals surface area contributed by atoms with E-state index >= 15 is 0 Å². The molecule has 1 atom stereocenters. The van der Waals surface area contributed by atoms with Crippen molar-refractivity contribution in [2.24, 2.45) is 5.73 Å². The number of nitrogens with two attached hydrogens (primary N) is 1. The molecule has 0 spiro atoms. The van der Waals surface area contributed by atoms with Crippen molar-refractivity contribution in [2.45, 2.75) is 45.6 Å². The van der Waals surface area contributed by atoms with Gasteiger partial charge in [-0.25, -0.2) is 9.97 Å². The van der Waals surface area contributed by atoms with E-state index in [1.165, 1.54) is 18.4 Å². The Balaban J connectivity index is 2.23. The zero-order valence-corrected chi connectivity index (χ0v) is 10.8. The van der Waals surface area contributed by atoms with E-state index < -0.39 is 0 Å². The van der Waals surface area contributed by atoms with Crippen LogP contribution < -0.4 is 10.6 Å². The van der Waals surface area contributed by atoms with Crippen molar-refractivity contribution in [1.82, 2.24) is 9.97 Å². The Morgan fingerprint density at radius 3 is 2.94 bits per heavy atom. The van der Waals surface area contributed by atoms with Crippen LogP contribution >= 0.6 is 0 Å². The van der Waals surface area contributed by atoms with Crippen molar-refractivity contribution in [1.29, 1.82) is 0 Å². The van der Waals surface area contributed by atoms with E-state index in [0.717, 1.165) is 31.0 Å². The van der Waals surface area contributed by atoms with E-state index in [9.17, 15) is 0 Å². The van der Waals surface area contributed by atoms with Crippen LogP contribution in [0.4, 0.5) is 5.95 Å². The van der Waals surface area contributed by atoms with Gasteiger partial charge in [0.05, 0.1) is 0 Å². The Bertz CT molecular complexity index is 378. The second kappa shape index (κ2) is 5.45. The van der Waals surface area contributed by atoms with E-state index in [-0.39, 0.29) is 0 Å². The van der Waals surface area contributed by atoms with E-state index in [4.69, 9.17) is 5.73 Å². The molecule has 2 heterocycles. The van der Waals surface area contributed by atoms with Crippen LogP contribution in [0, 0.1) is 6.92 Å². The molecule has 1 aliphatic heterocycles. The van der Waals surface area contributed by atoms with Crippen molar-refractivity contribution >= 4 is 5.95 Å². The third-order valence-corrected chi connectivity index (χ3v) is 3.61. The Labute approximate surface area is 103 Å². The minimum atomic E-state index is 0.413. The Hall–Kier alpha value is -1.16. The first kappa shape index (κ1) is 12.3. The first-order valence-electron chi connectivity index (χ1n) is 6.55. The number of hydrogen-bond acceptors (Lipinski definition) is 4. The number of rotatable bonds is 3. The largest absolute Gasteiger partial charge is 0.337 e. The fourth-order valence-electron chi connectivity index (χ4n) is 2.47. The Morgan fingerprint density at radius 1 is 1.47 bits per heavy atom. The summed E-state index contributed by atoms with van der Waals surface area (Å²) in [6, 6.07) is 0.413. The first-order chi connectivity index (χ1) is 8.26. The van der Waals surface area contributed by atoms with E-state index in [2.05, 4.69) is 28.7 Å². The average molecular weight is 234 g/mol. The van der Waals surface area contributed by atoms with Gasteiger partial charge in [0.1, 0.15) is 0 Å². The molecule has 1 aliphatic rings. The summed E-state index contributed by atoms with van der Waals surface area (Å²) < 4.78 is 0. The van der Waals surface area contributed by atoms with Crippen LogP contribution in [0.3, 0.4) is 0 Å². The highest BCUT2D eigenvalue weighted by molar-refractivity contribution is 5.35. The second-order valence-electron chi connectivity index (χ2n) is 4.71. The molecule has 4 nitrogen and oxygen atoms in total. The molecule has 17 heavy (non-hydrogen) atoms. The van der Waals surface area contributed by atoms with Crippen molar-refractivity contribution in [3.8, 4) is 0 Å². The van der Waals surface area contributed by atoms with Gasteiger partial charge in [-0.1, -0.05) is 6.92 Å². The lowest BCUT2D eigenvalue weighted by atomic mass is 10.0. The van der Waals surface area contributed by atoms with Crippen molar-refractivity contribution in [3.63, 3.8) is 0 Å². The highest BCUT2D eigenvalue weighted by Crippen LogP contribution is 2.21. The zero-order valence-electron chi connectivity index (χ0n) is 10.8. The van der Waals surface area contributed by atoms with Crippen molar-refractivity contribution < 1.29 is 0 Å². The van der Waals surface area contributed by atoms with Crippen LogP contribution in [0.25, 0.3) is 0 Å². The van der Waals surface area contributed by atoms with Gasteiger partial charge in [0.2, 0.25) is 5.95 Å². The summed E-state index contributed by atoms with van der Waals surface area (Å²) in [6.45, 7) is 5.92. The molecule has 0 radical (unpaired) electrons. The maximum atomic E-state index is 5.83. The summed E-state index contributed by atoms with van der Waals surface area (Å²) in [5.41, 5.74) is 8.16. The standard InChI is InChI=1S/C13H22N4/c1-3-11-9-15-13(16-10(11)2)17-7-5-4-6-12(17)8-14/h9,12H,3-8,14H2,1-2H3. The summed E-state index contributed by atoms with van der Waals surface area (Å²) in [5.74, 6) is 0.856. The topological polar surface area (TPSA) is 55.0 Å². The van der Waals surface area contributed by atoms with Gasteiger partial charge in [-0.2, -0.15) is 0 Å². The van der Waals surface area contributed by atoms with Gasteiger partial charge < -0.3 is 10.6 Å². The lowest BCUT2D eigenvalue weighted by Gasteiger charge is -2.35. The number of piperidine rings is 1. The number of hydrogen-bond donors (Lipinski definition) is 1. The summed E-state index contributed by atoms with van der Waals surface area (Å²) in [7, 11) is 0. The first-order valence-corrected chi connectivity index (χ1v) is 6.55. The molecular formula is C13H22N4. The lowest BCUT2D eigenvalue weighted by Crippen LogP contribution is -2.45. The van der Waals surface area contributed by atoms with Crippen LogP contribution in [0.15, 0.2) is 6.20 Å². The van der Waals surface area contributed by atoms with E-state index in [0.29, 0.717) is 12.6 Å². The van der Waals surface area contributed by atoms with Crippen LogP contribution in [0.5, 0.6) is 0 Å². The zero-order chi connectivity index (χ0) is 12.3. The molecule has 0 aliphatic carbocycles. The van der Waals surface area contributed by atoms with Crippen LogP contribution in [-0.4, -0.2) is 29.1 Å². The predicted octanol–water partition coefficient (Wildman–Crippen LogP) is 1.67. The monoisotopic (exact) mass is 234 g/mol. The molecule has 1 saturated heterocycles. The maximum Gasteiger partial charge on any atom is 0.225 e. The molecule has 0 bridgehead atoms. The third-order valence-electron chi connectivity index (χ3n) is 3.61. The third kappa shape index (κ3) is 2.57. The quantitative estimate of drug-likeness (QED) is 0.864. The number of aromatic nitrogens is 2. The normalized spacial score (nSPS) is 20.6. The minimum absolute atomic E-state index is 0.413. The van der Waals surface area contributed by atoms with Gasteiger partial charge in [-0.3, -0.25) is 0 Å². The number of anilines is 1. The van der Waals surface area contributed by atoms with Gasteiger partial charge >= 0.3 is 0 Å². The summed E-state index contributed by atoms with van der Waals surface area (Å²) in [6.07, 6.45) is 6.60. The van der Waals surface area contributed by atoms with E-state index in [1.807, 2.05) is 6.20 Å². The molecule has 2 N–H and O–H groups in total. The molecule has 1 unspecified atom stereocenters. The Kier molecular flexibility index (Phi) is 3.94. The summed E-state index contributed by atoms with van der Waals surface area (Å²) in [4.78, 5) is 11.4. The minimum Gasteiger partial charge on any atom is -0.337 e. The summed E-state index contributed by atoms with van der Waals surface area (Å²) in [5, 5.41) is 0. The molecule has 1 aromatic rings. The van der Waals surface area contributed by atoms with Crippen molar-refractivity contribution in [2.75, 3.05) is 18.0 Å². The van der Waals surface area contributed by atoms with Gasteiger partial charge in [0.25, 0.3) is 0 Å². The van der Waals surface area contributed by atoms with Gasteiger partial charge in [0, 0.05) is 31.0 Å². The molecule has 0 aromatic carbocycles. The smallest absolute Gasteiger partial charge is 0.225 e. The SMILES string of the molecule is CCc1cnc(N2CCCCC2CN)nc1C. The molecule has 1 fully saturated rings. The van der Waals surface area contributed by atoms with Gasteiger partial charge in [-0.15, -0.1) is 0 Å². The molecule has 94 valence electrons. The molecule has 1 aromatic heterocycles. The molecule has 0 amide bonds. The maximum absolute atomic E-state index is 5.83. The van der Waals surface area contributed by atoms with Gasteiger partial charge in [-0.05, 0) is 38.2 Å². The Morgan fingerprint density at radius 2 is 2.29 bits per heavy atom. The molecule has 4 heteroatoms. The molecular weight excluding hydrogens is 212 g/mol. The van der Waals surface area contributed by atoms with E-state index in [1.54, 1.807) is 0 Å². The number of nitrogens with zero attached hydrogens (tertiary/aromatic N) is 3. The molecule has 2 rings (SSSR count). The molecule has 0 saturated carbocycles.